The van der Waals surface area contributed by atoms with Crippen molar-refractivity contribution in [3.05, 3.63) is 41.5 Å². The van der Waals surface area contributed by atoms with E-state index in [1.807, 2.05) is 0 Å². The number of aromatic nitrogens is 3. The number of halogens is 3. The Balaban J connectivity index is 2.48. The van der Waals surface area contributed by atoms with Crippen LogP contribution in [-0.4, -0.2) is 15.0 Å². The highest BCUT2D eigenvalue weighted by Crippen LogP contribution is 2.16. The zero-order chi connectivity index (χ0) is 11.7. The van der Waals surface area contributed by atoms with Gasteiger partial charge in [0, 0.05) is 18.7 Å². The molecule has 0 aliphatic rings. The highest BCUT2D eigenvalue weighted by molar-refractivity contribution is 5.32. The normalized spacial score (nSPS) is 10.8. The molecule has 0 spiro atoms. The first-order chi connectivity index (χ1) is 7.61. The Labute approximate surface area is 88.5 Å². The fraction of sp³-hybridized carbons (Fsp3) is 0.111. The molecule has 0 saturated heterocycles. The van der Waals surface area contributed by atoms with Gasteiger partial charge in [-0.3, -0.25) is 0 Å². The quantitative estimate of drug-likeness (QED) is 0.784. The number of benzene rings is 1. The fourth-order valence-corrected chi connectivity index (χ4v) is 1.19. The van der Waals surface area contributed by atoms with Crippen LogP contribution in [0.3, 0.4) is 0 Å². The molecule has 0 aliphatic heterocycles. The molecule has 2 aromatic rings. The summed E-state index contributed by atoms with van der Waals surface area (Å²) in [6.07, 6.45) is 1.41. The van der Waals surface area contributed by atoms with Gasteiger partial charge in [0.25, 0.3) is 0 Å². The third-order valence-corrected chi connectivity index (χ3v) is 1.98. The first-order valence-electron chi connectivity index (χ1n) is 4.38. The van der Waals surface area contributed by atoms with E-state index in [-0.39, 0.29) is 12.2 Å². The van der Waals surface area contributed by atoms with Crippen LogP contribution in [0.5, 0.6) is 0 Å². The standard InChI is InChI=1S/C9H7F3N4/c10-7-1-6(2-8(11)9(7)12)16-4-5(3-13)14-15-16/h1-2,4H,3,13H2. The predicted octanol–water partition coefficient (Wildman–Crippen LogP) is 1.14. The van der Waals surface area contributed by atoms with Gasteiger partial charge in [0.2, 0.25) is 0 Å². The summed E-state index contributed by atoms with van der Waals surface area (Å²) in [5.41, 5.74) is 5.81. The third-order valence-electron chi connectivity index (χ3n) is 1.98. The smallest absolute Gasteiger partial charge is 0.194 e. The highest BCUT2D eigenvalue weighted by Gasteiger charge is 2.12. The van der Waals surface area contributed by atoms with Crippen LogP contribution in [-0.2, 0) is 6.54 Å². The maximum Gasteiger partial charge on any atom is 0.194 e. The third kappa shape index (κ3) is 1.76. The summed E-state index contributed by atoms with van der Waals surface area (Å²) in [6.45, 7) is 0.159. The molecule has 1 aromatic heterocycles. The van der Waals surface area contributed by atoms with Crippen molar-refractivity contribution in [2.24, 2.45) is 5.73 Å². The Morgan fingerprint density at radius 2 is 1.81 bits per heavy atom. The average molecular weight is 228 g/mol. The number of nitrogens with zero attached hydrogens (tertiary/aromatic N) is 3. The first-order valence-corrected chi connectivity index (χ1v) is 4.38. The van der Waals surface area contributed by atoms with Crippen LogP contribution in [0.2, 0.25) is 0 Å². The molecule has 4 nitrogen and oxygen atoms in total. The van der Waals surface area contributed by atoms with Crippen LogP contribution >= 0.6 is 0 Å². The summed E-state index contributed by atoms with van der Waals surface area (Å²) in [5.74, 6) is -4.07. The van der Waals surface area contributed by atoms with Crippen molar-refractivity contribution in [3.63, 3.8) is 0 Å². The molecule has 1 heterocycles. The second-order valence-corrected chi connectivity index (χ2v) is 3.08. The van der Waals surface area contributed by atoms with Crippen LogP contribution in [0.4, 0.5) is 13.2 Å². The fourth-order valence-electron chi connectivity index (χ4n) is 1.19. The minimum absolute atomic E-state index is 0.0450. The largest absolute Gasteiger partial charge is 0.325 e. The Kier molecular flexibility index (Phi) is 2.61. The van der Waals surface area contributed by atoms with E-state index in [4.69, 9.17) is 5.73 Å². The van der Waals surface area contributed by atoms with Crippen molar-refractivity contribution < 1.29 is 13.2 Å². The number of rotatable bonds is 2. The van der Waals surface area contributed by atoms with E-state index in [1.54, 1.807) is 0 Å². The molecule has 0 fully saturated rings. The molecular weight excluding hydrogens is 221 g/mol. The van der Waals surface area contributed by atoms with Crippen molar-refractivity contribution in [2.75, 3.05) is 0 Å². The maximum atomic E-state index is 12.9. The summed E-state index contributed by atoms with van der Waals surface area (Å²) in [5, 5.41) is 7.24. The molecular formula is C9H7F3N4. The topological polar surface area (TPSA) is 56.7 Å². The average Bonchev–Trinajstić information content (AvgIpc) is 2.73. The Hall–Kier alpha value is -1.89. The minimum Gasteiger partial charge on any atom is -0.325 e. The van der Waals surface area contributed by atoms with Gasteiger partial charge >= 0.3 is 0 Å². The van der Waals surface area contributed by atoms with E-state index >= 15 is 0 Å². The second-order valence-electron chi connectivity index (χ2n) is 3.08. The lowest BCUT2D eigenvalue weighted by Crippen LogP contribution is -2.00. The zero-order valence-electron chi connectivity index (χ0n) is 7.99. The summed E-state index contributed by atoms with van der Waals surface area (Å²) in [6, 6.07) is 1.65. The van der Waals surface area contributed by atoms with Crippen molar-refractivity contribution in [1.82, 2.24) is 15.0 Å². The molecule has 16 heavy (non-hydrogen) atoms. The SMILES string of the molecule is NCc1cn(-c2cc(F)c(F)c(F)c2)nn1. The molecule has 84 valence electrons. The predicted molar refractivity (Wildman–Crippen MR) is 49.1 cm³/mol. The molecule has 1 aromatic carbocycles. The number of hydrogen-bond donors (Lipinski definition) is 1. The van der Waals surface area contributed by atoms with Crippen LogP contribution in [0.1, 0.15) is 5.69 Å². The van der Waals surface area contributed by atoms with Gasteiger partial charge in [-0.25, -0.2) is 17.9 Å². The van der Waals surface area contributed by atoms with Crippen LogP contribution in [0.25, 0.3) is 5.69 Å². The highest BCUT2D eigenvalue weighted by atomic mass is 19.2. The van der Waals surface area contributed by atoms with Crippen molar-refractivity contribution >= 4 is 0 Å². The van der Waals surface area contributed by atoms with Gasteiger partial charge in [0.15, 0.2) is 17.5 Å². The molecule has 0 aliphatic carbocycles. The van der Waals surface area contributed by atoms with Crippen LogP contribution in [0, 0.1) is 17.5 Å². The van der Waals surface area contributed by atoms with E-state index in [0.717, 1.165) is 16.8 Å². The summed E-state index contributed by atoms with van der Waals surface area (Å²) >= 11 is 0. The molecule has 0 unspecified atom stereocenters. The van der Waals surface area contributed by atoms with Crippen molar-refractivity contribution in [1.29, 1.82) is 0 Å². The van der Waals surface area contributed by atoms with E-state index in [0.29, 0.717) is 5.69 Å². The van der Waals surface area contributed by atoms with Gasteiger partial charge in [0.05, 0.1) is 17.6 Å². The van der Waals surface area contributed by atoms with Crippen molar-refractivity contribution in [3.8, 4) is 5.69 Å². The molecule has 0 atom stereocenters. The van der Waals surface area contributed by atoms with Gasteiger partial charge in [-0.15, -0.1) is 5.10 Å². The van der Waals surface area contributed by atoms with Crippen LogP contribution in [0.15, 0.2) is 18.3 Å². The summed E-state index contributed by atoms with van der Waals surface area (Å²) < 4.78 is 39.6. The Morgan fingerprint density at radius 1 is 1.19 bits per heavy atom. The molecule has 0 saturated carbocycles. The number of nitrogens with two attached hydrogens (primary N) is 1. The van der Waals surface area contributed by atoms with Crippen LogP contribution < -0.4 is 5.73 Å². The summed E-state index contributed by atoms with van der Waals surface area (Å²) in [4.78, 5) is 0. The van der Waals surface area contributed by atoms with Gasteiger partial charge < -0.3 is 5.73 Å². The zero-order valence-corrected chi connectivity index (χ0v) is 7.99. The summed E-state index contributed by atoms with van der Waals surface area (Å²) in [7, 11) is 0. The van der Waals surface area contributed by atoms with Gasteiger partial charge in [-0.1, -0.05) is 5.21 Å². The van der Waals surface area contributed by atoms with E-state index < -0.39 is 17.5 Å². The Morgan fingerprint density at radius 3 is 2.31 bits per heavy atom. The second kappa shape index (κ2) is 3.93. The molecule has 0 amide bonds. The van der Waals surface area contributed by atoms with E-state index in [2.05, 4.69) is 10.3 Å². The number of hydrogen-bond acceptors (Lipinski definition) is 3. The van der Waals surface area contributed by atoms with Gasteiger partial charge in [-0.2, -0.15) is 0 Å². The lowest BCUT2D eigenvalue weighted by Gasteiger charge is -2.01. The van der Waals surface area contributed by atoms with Crippen molar-refractivity contribution in [2.45, 2.75) is 6.54 Å². The first kappa shape index (κ1) is 10.6. The maximum absolute atomic E-state index is 12.9. The molecule has 0 radical (unpaired) electrons. The Bertz CT molecular complexity index is 500. The molecule has 7 heteroatoms. The van der Waals surface area contributed by atoms with Gasteiger partial charge in [0.1, 0.15) is 0 Å². The lowest BCUT2D eigenvalue weighted by atomic mass is 10.3. The molecule has 0 bridgehead atoms. The molecule has 2 N–H and O–H groups in total. The lowest BCUT2D eigenvalue weighted by molar-refractivity contribution is 0.446. The van der Waals surface area contributed by atoms with Gasteiger partial charge in [-0.05, 0) is 0 Å². The van der Waals surface area contributed by atoms with E-state index in [9.17, 15) is 13.2 Å². The molecule has 2 rings (SSSR count). The van der Waals surface area contributed by atoms with E-state index in [1.165, 1.54) is 6.20 Å². The minimum atomic E-state index is -1.51. The monoisotopic (exact) mass is 228 g/mol.